The number of benzene rings is 1. The molecule has 0 saturated heterocycles. The van der Waals surface area contributed by atoms with Crippen molar-refractivity contribution in [3.63, 3.8) is 0 Å². The Labute approximate surface area is 111 Å². The first-order valence-corrected chi connectivity index (χ1v) is 4.94. The van der Waals surface area contributed by atoms with Crippen LogP contribution in [0.1, 0.15) is 5.56 Å². The second-order valence-corrected chi connectivity index (χ2v) is 3.42. The second-order valence-electron chi connectivity index (χ2n) is 3.42. The number of hydrogen-bond donors (Lipinski definition) is 2. The highest BCUT2D eigenvalue weighted by molar-refractivity contribution is 5.85. The van der Waals surface area contributed by atoms with E-state index in [-0.39, 0.29) is 18.8 Å². The Morgan fingerprint density at radius 2 is 1.94 bits per heavy atom. The highest BCUT2D eigenvalue weighted by atomic mass is 35.5. The number of carbonyl (C=O) groups excluding carboxylic acids is 1. The topological polar surface area (TPSA) is 89.6 Å². The van der Waals surface area contributed by atoms with Crippen LogP contribution in [0.4, 0.5) is 0 Å². The van der Waals surface area contributed by atoms with E-state index in [1.807, 2.05) is 0 Å². The summed E-state index contributed by atoms with van der Waals surface area (Å²) in [6, 6.07) is 5.54. The van der Waals surface area contributed by atoms with Crippen molar-refractivity contribution in [3.8, 4) is 5.75 Å². The van der Waals surface area contributed by atoms with Gasteiger partial charge in [0.2, 0.25) is 0 Å². The molecule has 6 heteroatoms. The molecule has 0 unspecified atom stereocenters. The minimum Gasteiger partial charge on any atom is -0.480 e. The van der Waals surface area contributed by atoms with Crippen molar-refractivity contribution in [1.82, 2.24) is 0 Å². The molecule has 0 radical (unpaired) electrons. The zero-order valence-corrected chi connectivity index (χ0v) is 10.4. The molecule has 0 heterocycles. The van der Waals surface area contributed by atoms with Crippen molar-refractivity contribution in [2.75, 3.05) is 0 Å². The van der Waals surface area contributed by atoms with Crippen LogP contribution in [-0.2, 0) is 16.0 Å². The molecule has 0 aliphatic rings. The van der Waals surface area contributed by atoms with Gasteiger partial charge in [-0.3, -0.25) is 4.79 Å². The van der Waals surface area contributed by atoms with Gasteiger partial charge >= 0.3 is 11.9 Å². The SMILES string of the molecule is C=CC(=O)Oc1ccc(C[C@H](N)C(=O)O)cc1.Cl. The van der Waals surface area contributed by atoms with Gasteiger partial charge < -0.3 is 15.6 Å². The fraction of sp³-hybridized carbons (Fsp3) is 0.167. The van der Waals surface area contributed by atoms with Crippen LogP contribution >= 0.6 is 12.4 Å². The predicted molar refractivity (Wildman–Crippen MR) is 68.8 cm³/mol. The molecule has 1 rings (SSSR count). The number of halogens is 1. The Balaban J connectivity index is 0.00000289. The number of carboxylic acid groups (broad SMARTS) is 1. The van der Waals surface area contributed by atoms with Gasteiger partial charge in [-0.05, 0) is 24.1 Å². The molecule has 5 nitrogen and oxygen atoms in total. The molecule has 0 aromatic heterocycles. The van der Waals surface area contributed by atoms with Crippen LogP contribution < -0.4 is 10.5 Å². The van der Waals surface area contributed by atoms with Gasteiger partial charge in [-0.25, -0.2) is 4.79 Å². The Morgan fingerprint density at radius 3 is 2.39 bits per heavy atom. The van der Waals surface area contributed by atoms with Crippen LogP contribution in [0, 0.1) is 0 Å². The van der Waals surface area contributed by atoms with Crippen molar-refractivity contribution in [1.29, 1.82) is 0 Å². The molecular formula is C12H14ClNO4. The molecule has 0 saturated carbocycles. The van der Waals surface area contributed by atoms with E-state index in [0.717, 1.165) is 11.6 Å². The van der Waals surface area contributed by atoms with Crippen molar-refractivity contribution >= 4 is 24.3 Å². The summed E-state index contributed by atoms with van der Waals surface area (Å²) < 4.78 is 4.87. The fourth-order valence-corrected chi connectivity index (χ4v) is 1.19. The molecule has 1 aromatic carbocycles. The van der Waals surface area contributed by atoms with Gasteiger partial charge in [0.05, 0.1) is 0 Å². The highest BCUT2D eigenvalue weighted by Crippen LogP contribution is 2.13. The van der Waals surface area contributed by atoms with Gasteiger partial charge in [0.1, 0.15) is 11.8 Å². The maximum Gasteiger partial charge on any atom is 0.335 e. The average Bonchev–Trinajstić information content (AvgIpc) is 2.31. The van der Waals surface area contributed by atoms with E-state index in [9.17, 15) is 9.59 Å². The number of esters is 1. The zero-order chi connectivity index (χ0) is 12.8. The first kappa shape index (κ1) is 16.1. The third-order valence-corrected chi connectivity index (χ3v) is 2.08. The maximum absolute atomic E-state index is 10.9. The van der Waals surface area contributed by atoms with Crippen LogP contribution in [0.2, 0.25) is 0 Å². The Bertz CT molecular complexity index is 430. The first-order chi connectivity index (χ1) is 8.02. The van der Waals surface area contributed by atoms with Gasteiger partial charge in [0.25, 0.3) is 0 Å². The monoisotopic (exact) mass is 271 g/mol. The fourth-order valence-electron chi connectivity index (χ4n) is 1.19. The molecule has 1 aromatic rings. The summed E-state index contributed by atoms with van der Waals surface area (Å²) >= 11 is 0. The molecular weight excluding hydrogens is 258 g/mol. The summed E-state index contributed by atoms with van der Waals surface area (Å²) in [5.41, 5.74) is 6.15. The molecule has 0 amide bonds. The Kier molecular flexibility index (Phi) is 6.70. The number of carbonyl (C=O) groups is 2. The van der Waals surface area contributed by atoms with Gasteiger partial charge in [0.15, 0.2) is 0 Å². The van der Waals surface area contributed by atoms with Crippen LogP contribution in [0.25, 0.3) is 0 Å². The molecule has 3 N–H and O–H groups in total. The molecule has 0 bridgehead atoms. The van der Waals surface area contributed by atoms with Crippen molar-refractivity contribution in [3.05, 3.63) is 42.5 Å². The average molecular weight is 272 g/mol. The third kappa shape index (κ3) is 4.99. The van der Waals surface area contributed by atoms with Crippen molar-refractivity contribution in [2.24, 2.45) is 5.73 Å². The predicted octanol–water partition coefficient (Wildman–Crippen LogP) is 1.15. The minimum atomic E-state index is -1.05. The van der Waals surface area contributed by atoms with Gasteiger partial charge in [-0.2, -0.15) is 0 Å². The number of nitrogens with two attached hydrogens (primary N) is 1. The maximum atomic E-state index is 10.9. The van der Waals surface area contributed by atoms with E-state index in [4.69, 9.17) is 15.6 Å². The molecule has 98 valence electrons. The van der Waals surface area contributed by atoms with E-state index >= 15 is 0 Å². The summed E-state index contributed by atoms with van der Waals surface area (Å²) in [7, 11) is 0. The van der Waals surface area contributed by atoms with Gasteiger partial charge in [-0.1, -0.05) is 18.7 Å². The quantitative estimate of drug-likeness (QED) is 0.476. The Morgan fingerprint density at radius 1 is 1.39 bits per heavy atom. The zero-order valence-electron chi connectivity index (χ0n) is 9.54. The molecule has 0 spiro atoms. The smallest absolute Gasteiger partial charge is 0.335 e. The van der Waals surface area contributed by atoms with Gasteiger partial charge in [0, 0.05) is 6.08 Å². The largest absolute Gasteiger partial charge is 0.480 e. The van der Waals surface area contributed by atoms with E-state index in [0.29, 0.717) is 5.75 Å². The van der Waals surface area contributed by atoms with Crippen LogP contribution in [0.15, 0.2) is 36.9 Å². The normalized spacial score (nSPS) is 10.9. The van der Waals surface area contributed by atoms with E-state index in [1.165, 1.54) is 0 Å². The lowest BCUT2D eigenvalue weighted by atomic mass is 10.1. The molecule has 0 aliphatic heterocycles. The summed E-state index contributed by atoms with van der Waals surface area (Å²) in [5, 5.41) is 8.64. The van der Waals surface area contributed by atoms with Crippen LogP contribution in [-0.4, -0.2) is 23.1 Å². The molecule has 1 atom stereocenters. The lowest BCUT2D eigenvalue weighted by Crippen LogP contribution is -2.32. The highest BCUT2D eigenvalue weighted by Gasteiger charge is 2.11. The van der Waals surface area contributed by atoms with E-state index < -0.39 is 18.0 Å². The third-order valence-electron chi connectivity index (χ3n) is 2.08. The lowest BCUT2D eigenvalue weighted by molar-refractivity contribution is -0.138. The summed E-state index contributed by atoms with van der Waals surface area (Å²) in [6.45, 7) is 3.28. The summed E-state index contributed by atoms with van der Waals surface area (Å²) in [6.07, 6.45) is 1.29. The molecule has 0 fully saturated rings. The number of hydrogen-bond acceptors (Lipinski definition) is 4. The second kappa shape index (κ2) is 7.47. The lowest BCUT2D eigenvalue weighted by Gasteiger charge is -2.07. The number of ether oxygens (including phenoxy) is 1. The van der Waals surface area contributed by atoms with Crippen molar-refractivity contribution in [2.45, 2.75) is 12.5 Å². The van der Waals surface area contributed by atoms with Crippen LogP contribution in [0.3, 0.4) is 0 Å². The number of rotatable bonds is 5. The number of aliphatic carboxylic acids is 1. The Hall–Kier alpha value is -1.85. The number of carboxylic acids is 1. The van der Waals surface area contributed by atoms with E-state index in [2.05, 4.69) is 6.58 Å². The summed E-state index contributed by atoms with van der Waals surface area (Å²) in [4.78, 5) is 21.4. The van der Waals surface area contributed by atoms with E-state index in [1.54, 1.807) is 24.3 Å². The molecule has 0 aliphatic carbocycles. The van der Waals surface area contributed by atoms with Crippen molar-refractivity contribution < 1.29 is 19.4 Å². The van der Waals surface area contributed by atoms with Crippen LogP contribution in [0.5, 0.6) is 5.75 Å². The van der Waals surface area contributed by atoms with Gasteiger partial charge in [-0.15, -0.1) is 12.4 Å². The summed E-state index contributed by atoms with van der Waals surface area (Å²) in [5.74, 6) is -1.21. The minimum absolute atomic E-state index is 0. The standard InChI is InChI=1S/C12H13NO4.ClH/c1-2-11(14)17-9-5-3-8(4-6-9)7-10(13)12(15)16;/h2-6,10H,1,7,13H2,(H,15,16);1H/t10-;/m0./s1. The first-order valence-electron chi connectivity index (χ1n) is 4.94. The molecule has 18 heavy (non-hydrogen) atoms.